The van der Waals surface area contributed by atoms with Crippen molar-refractivity contribution in [1.82, 2.24) is 0 Å². The highest BCUT2D eigenvalue weighted by molar-refractivity contribution is 5.37. The Morgan fingerprint density at radius 1 is 1.06 bits per heavy atom. The minimum atomic E-state index is 0.373. The summed E-state index contributed by atoms with van der Waals surface area (Å²) in [7, 11) is 0. The molecular weight excluding hydrogens is 216 g/mol. The molecule has 0 aliphatic carbocycles. The first-order chi connectivity index (χ1) is 8.71. The lowest BCUT2D eigenvalue weighted by Gasteiger charge is -2.14. The van der Waals surface area contributed by atoms with Crippen molar-refractivity contribution in [3.8, 4) is 0 Å². The first-order valence-electron chi connectivity index (χ1n) is 6.65. The molecule has 0 aliphatic rings. The summed E-state index contributed by atoms with van der Waals surface area (Å²) in [4.78, 5) is 0. The zero-order valence-electron chi connectivity index (χ0n) is 12.2. The van der Waals surface area contributed by atoms with Crippen LogP contribution in [-0.4, -0.2) is 0 Å². The molecule has 1 atom stereocenters. The van der Waals surface area contributed by atoms with E-state index >= 15 is 0 Å². The van der Waals surface area contributed by atoms with E-state index in [0.717, 1.165) is 6.42 Å². The van der Waals surface area contributed by atoms with Crippen LogP contribution in [0.2, 0.25) is 0 Å². The molecule has 0 aromatic carbocycles. The topological polar surface area (TPSA) is 0 Å². The second-order valence-corrected chi connectivity index (χ2v) is 4.13. The van der Waals surface area contributed by atoms with E-state index in [1.54, 1.807) is 0 Å². The molecule has 0 rings (SSSR count). The van der Waals surface area contributed by atoms with Gasteiger partial charge in [-0.1, -0.05) is 75.1 Å². The normalized spacial score (nSPS) is 16.0. The van der Waals surface area contributed by atoms with Crippen LogP contribution >= 0.6 is 0 Å². The molecule has 0 N–H and O–H groups in total. The molecule has 0 saturated heterocycles. The van der Waals surface area contributed by atoms with Crippen LogP contribution < -0.4 is 0 Å². The lowest BCUT2D eigenvalue weighted by Crippen LogP contribution is -2.00. The average Bonchev–Trinajstić information content (AvgIpc) is 2.38. The van der Waals surface area contributed by atoms with Crippen molar-refractivity contribution < 1.29 is 0 Å². The minimum absolute atomic E-state index is 0.373. The third kappa shape index (κ3) is 6.24. The van der Waals surface area contributed by atoms with Crippen molar-refractivity contribution in [2.75, 3.05) is 0 Å². The van der Waals surface area contributed by atoms with E-state index in [-0.39, 0.29) is 0 Å². The number of allylic oxidation sites excluding steroid dienone is 11. The van der Waals surface area contributed by atoms with Crippen LogP contribution in [0.15, 0.2) is 72.4 Å². The fourth-order valence-electron chi connectivity index (χ4n) is 1.67. The lowest BCUT2D eigenvalue weighted by molar-refractivity contribution is 0.846. The van der Waals surface area contributed by atoms with Gasteiger partial charge in [0.15, 0.2) is 0 Å². The molecule has 0 radical (unpaired) electrons. The monoisotopic (exact) mass is 242 g/mol. The van der Waals surface area contributed by atoms with Gasteiger partial charge in [0.2, 0.25) is 0 Å². The van der Waals surface area contributed by atoms with Gasteiger partial charge in [0, 0.05) is 5.92 Å². The van der Waals surface area contributed by atoms with Gasteiger partial charge in [0.1, 0.15) is 0 Å². The Morgan fingerprint density at radius 3 is 2.22 bits per heavy atom. The number of rotatable bonds is 7. The molecule has 0 bridgehead atoms. The average molecular weight is 242 g/mol. The van der Waals surface area contributed by atoms with E-state index in [1.807, 2.05) is 13.0 Å². The SMILES string of the molecule is C=C/C=C(\C=C/CC)C(C)C(/C=C\C)=C/C=C\C. The number of hydrogen-bond donors (Lipinski definition) is 0. The van der Waals surface area contributed by atoms with Crippen LogP contribution in [0.3, 0.4) is 0 Å². The van der Waals surface area contributed by atoms with Crippen molar-refractivity contribution in [2.24, 2.45) is 5.92 Å². The third-order valence-electron chi connectivity index (χ3n) is 2.70. The zero-order valence-corrected chi connectivity index (χ0v) is 12.2. The van der Waals surface area contributed by atoms with Gasteiger partial charge in [-0.2, -0.15) is 0 Å². The summed E-state index contributed by atoms with van der Waals surface area (Å²) in [6.45, 7) is 12.3. The standard InChI is InChI=1S/C18H26/c1-6-10-14-17(12-8-3)16(5)18(13-9-4)15-11-7-2/h7-16H,3,6H2,1-2,4-5H3/b11-7-,13-9-,14-10-,17-12+,18-15+. The molecule has 0 nitrogen and oxygen atoms in total. The molecule has 0 fully saturated rings. The van der Waals surface area contributed by atoms with Crippen molar-refractivity contribution in [3.05, 3.63) is 72.4 Å². The molecule has 0 aromatic rings. The molecule has 0 heterocycles. The summed E-state index contributed by atoms with van der Waals surface area (Å²) in [5.41, 5.74) is 2.60. The van der Waals surface area contributed by atoms with Crippen LogP contribution in [-0.2, 0) is 0 Å². The lowest BCUT2D eigenvalue weighted by atomic mass is 9.91. The Kier molecular flexibility index (Phi) is 9.67. The van der Waals surface area contributed by atoms with Gasteiger partial charge in [-0.3, -0.25) is 0 Å². The zero-order chi connectivity index (χ0) is 13.8. The summed E-state index contributed by atoms with van der Waals surface area (Å²) in [5.74, 6) is 0.373. The Hall–Kier alpha value is -1.56. The summed E-state index contributed by atoms with van der Waals surface area (Å²) in [6, 6.07) is 0. The van der Waals surface area contributed by atoms with Gasteiger partial charge < -0.3 is 0 Å². The highest BCUT2D eigenvalue weighted by Gasteiger charge is 2.08. The van der Waals surface area contributed by atoms with Crippen molar-refractivity contribution >= 4 is 0 Å². The predicted molar refractivity (Wildman–Crippen MR) is 84.6 cm³/mol. The molecule has 1 unspecified atom stereocenters. The second-order valence-electron chi connectivity index (χ2n) is 4.13. The molecule has 98 valence electrons. The fourth-order valence-corrected chi connectivity index (χ4v) is 1.67. The predicted octanol–water partition coefficient (Wildman–Crippen LogP) is 5.78. The Labute approximate surface area is 113 Å². The summed E-state index contributed by atoms with van der Waals surface area (Å²) in [6.07, 6.45) is 19.9. The maximum absolute atomic E-state index is 3.80. The van der Waals surface area contributed by atoms with E-state index in [4.69, 9.17) is 0 Å². The molecular formula is C18H26. The summed E-state index contributed by atoms with van der Waals surface area (Å²) >= 11 is 0. The molecule has 0 aliphatic heterocycles. The van der Waals surface area contributed by atoms with E-state index in [1.165, 1.54) is 11.1 Å². The second kappa shape index (κ2) is 10.6. The first kappa shape index (κ1) is 16.4. The quantitative estimate of drug-likeness (QED) is 0.496. The van der Waals surface area contributed by atoms with Crippen LogP contribution in [0.25, 0.3) is 0 Å². The van der Waals surface area contributed by atoms with Crippen LogP contribution in [0.5, 0.6) is 0 Å². The first-order valence-corrected chi connectivity index (χ1v) is 6.65. The van der Waals surface area contributed by atoms with E-state index in [9.17, 15) is 0 Å². The highest BCUT2D eigenvalue weighted by atomic mass is 14.1. The van der Waals surface area contributed by atoms with Crippen molar-refractivity contribution in [3.63, 3.8) is 0 Å². The van der Waals surface area contributed by atoms with Gasteiger partial charge in [0.05, 0.1) is 0 Å². The van der Waals surface area contributed by atoms with E-state index < -0.39 is 0 Å². The van der Waals surface area contributed by atoms with Crippen LogP contribution in [0.1, 0.15) is 34.1 Å². The molecule has 18 heavy (non-hydrogen) atoms. The number of hydrogen-bond acceptors (Lipinski definition) is 0. The largest absolute Gasteiger partial charge is 0.0991 e. The van der Waals surface area contributed by atoms with Gasteiger partial charge >= 0.3 is 0 Å². The Balaban J connectivity index is 5.24. The molecule has 0 aromatic heterocycles. The Bertz CT molecular complexity index is 373. The van der Waals surface area contributed by atoms with Gasteiger partial charge in [-0.05, 0) is 31.4 Å². The van der Waals surface area contributed by atoms with Crippen molar-refractivity contribution in [1.29, 1.82) is 0 Å². The fraction of sp³-hybridized carbons (Fsp3) is 0.333. The van der Waals surface area contributed by atoms with Crippen molar-refractivity contribution in [2.45, 2.75) is 34.1 Å². The van der Waals surface area contributed by atoms with Crippen LogP contribution in [0.4, 0.5) is 0 Å². The molecule has 0 spiro atoms. The summed E-state index contributed by atoms with van der Waals surface area (Å²) in [5, 5.41) is 0. The van der Waals surface area contributed by atoms with E-state index in [2.05, 4.69) is 76.0 Å². The maximum Gasteiger partial charge on any atom is 0.00607 e. The minimum Gasteiger partial charge on any atom is -0.0991 e. The van der Waals surface area contributed by atoms with Gasteiger partial charge in [0.25, 0.3) is 0 Å². The Morgan fingerprint density at radius 2 is 1.72 bits per heavy atom. The third-order valence-corrected chi connectivity index (χ3v) is 2.70. The summed E-state index contributed by atoms with van der Waals surface area (Å²) < 4.78 is 0. The molecule has 0 amide bonds. The van der Waals surface area contributed by atoms with E-state index in [0.29, 0.717) is 5.92 Å². The highest BCUT2D eigenvalue weighted by Crippen LogP contribution is 2.23. The van der Waals surface area contributed by atoms with Crippen LogP contribution in [0, 0.1) is 5.92 Å². The van der Waals surface area contributed by atoms with Gasteiger partial charge in [-0.25, -0.2) is 0 Å². The molecule has 0 heteroatoms. The maximum atomic E-state index is 3.80. The van der Waals surface area contributed by atoms with Gasteiger partial charge in [-0.15, -0.1) is 0 Å². The smallest absolute Gasteiger partial charge is 0.00607 e. The molecule has 0 saturated carbocycles.